The molecule has 118 valence electrons. The Balaban J connectivity index is 1.80. The lowest BCUT2D eigenvalue weighted by atomic mass is 10.1. The van der Waals surface area contributed by atoms with Crippen molar-refractivity contribution >= 4 is 34.3 Å². The van der Waals surface area contributed by atoms with Crippen LogP contribution in [0.25, 0.3) is 22.7 Å². The zero-order valence-electron chi connectivity index (χ0n) is 12.1. The lowest BCUT2D eigenvalue weighted by Crippen LogP contribution is -1.92. The van der Waals surface area contributed by atoms with Gasteiger partial charge < -0.3 is 14.5 Å². The van der Waals surface area contributed by atoms with Crippen molar-refractivity contribution in [3.05, 3.63) is 52.6 Å². The quantitative estimate of drug-likeness (QED) is 0.711. The van der Waals surface area contributed by atoms with E-state index in [1.807, 2.05) is 0 Å². The van der Waals surface area contributed by atoms with Gasteiger partial charge in [0.05, 0.1) is 21.6 Å². The van der Waals surface area contributed by atoms with Gasteiger partial charge in [0.2, 0.25) is 6.79 Å². The van der Waals surface area contributed by atoms with Gasteiger partial charge in [-0.3, -0.25) is 0 Å². The summed E-state index contributed by atoms with van der Waals surface area (Å²) in [5.41, 5.74) is 1.96. The number of halogens is 2. The summed E-state index contributed by atoms with van der Waals surface area (Å²) in [6.07, 6.45) is 1.60. The normalized spacial score (nSPS) is 13.3. The van der Waals surface area contributed by atoms with Gasteiger partial charge in [-0.25, -0.2) is 9.37 Å². The van der Waals surface area contributed by atoms with Crippen LogP contribution in [0.1, 0.15) is 11.4 Å². The van der Waals surface area contributed by atoms with Crippen LogP contribution in [0.2, 0.25) is 5.02 Å². The van der Waals surface area contributed by atoms with Crippen molar-refractivity contribution in [2.24, 2.45) is 0 Å². The molecule has 24 heavy (non-hydrogen) atoms. The monoisotopic (exact) mass is 341 g/mol. The van der Waals surface area contributed by atoms with E-state index in [-0.39, 0.29) is 18.2 Å². The lowest BCUT2D eigenvalue weighted by molar-refractivity contribution is 0.174. The van der Waals surface area contributed by atoms with Gasteiger partial charge in [0.15, 0.2) is 11.5 Å². The summed E-state index contributed by atoms with van der Waals surface area (Å²) in [7, 11) is 0. The highest BCUT2D eigenvalue weighted by molar-refractivity contribution is 6.32. The maximum Gasteiger partial charge on any atom is 0.231 e. The Morgan fingerprint density at radius 1 is 1.29 bits per heavy atom. The summed E-state index contributed by atoms with van der Waals surface area (Å²) >= 11 is 6.23. The number of hydrogen-bond acceptors (Lipinski definition) is 4. The number of rotatable bonds is 2. The second kappa shape index (κ2) is 5.55. The van der Waals surface area contributed by atoms with Gasteiger partial charge in [-0.05, 0) is 35.9 Å². The average molecular weight is 342 g/mol. The molecule has 3 aromatic rings. The summed E-state index contributed by atoms with van der Waals surface area (Å²) in [5, 5.41) is 9.88. The summed E-state index contributed by atoms with van der Waals surface area (Å²) < 4.78 is 23.9. The van der Waals surface area contributed by atoms with Crippen molar-refractivity contribution in [1.82, 2.24) is 9.97 Å². The Hall–Kier alpha value is -3.04. The lowest BCUT2D eigenvalue weighted by Gasteiger charge is -2.02. The molecule has 0 saturated heterocycles. The SMILES string of the molecule is N#C/C(=C/c1cc2c(cc1Cl)OCO2)c1nc2ccc(F)cc2[nH]1. The first kappa shape index (κ1) is 14.5. The molecule has 0 aliphatic carbocycles. The Morgan fingerprint density at radius 3 is 2.88 bits per heavy atom. The number of nitriles is 1. The molecule has 1 N–H and O–H groups in total. The number of fused-ring (bicyclic) bond motifs is 2. The highest BCUT2D eigenvalue weighted by Gasteiger charge is 2.17. The largest absolute Gasteiger partial charge is 0.454 e. The molecule has 4 rings (SSSR count). The molecule has 2 aromatic carbocycles. The molecule has 0 saturated carbocycles. The molecule has 1 aliphatic heterocycles. The van der Waals surface area contributed by atoms with Crippen LogP contribution in [-0.2, 0) is 0 Å². The molecule has 1 aliphatic rings. The van der Waals surface area contributed by atoms with E-state index in [4.69, 9.17) is 21.1 Å². The molecule has 0 fully saturated rings. The average Bonchev–Trinajstić information content (AvgIpc) is 3.17. The third-order valence-corrected chi connectivity index (χ3v) is 3.94. The van der Waals surface area contributed by atoms with E-state index < -0.39 is 0 Å². The smallest absolute Gasteiger partial charge is 0.231 e. The highest BCUT2D eigenvalue weighted by Crippen LogP contribution is 2.38. The van der Waals surface area contributed by atoms with Crippen LogP contribution in [0.4, 0.5) is 4.39 Å². The molecule has 7 heteroatoms. The maximum absolute atomic E-state index is 13.3. The van der Waals surface area contributed by atoms with Gasteiger partial charge in [0.25, 0.3) is 0 Å². The summed E-state index contributed by atoms with van der Waals surface area (Å²) in [6, 6.07) is 9.61. The van der Waals surface area contributed by atoms with Crippen molar-refractivity contribution in [2.75, 3.05) is 6.79 Å². The molecule has 0 bridgehead atoms. The Morgan fingerprint density at radius 2 is 2.08 bits per heavy atom. The standard InChI is InChI=1S/C17H9ClFN3O2/c18-12-6-16-15(23-8-24-16)4-9(12)3-10(7-20)17-21-13-2-1-11(19)5-14(13)22-17/h1-6H,8H2,(H,21,22)/b10-3-. The minimum Gasteiger partial charge on any atom is -0.454 e. The van der Waals surface area contributed by atoms with Gasteiger partial charge in [0, 0.05) is 6.07 Å². The summed E-state index contributed by atoms with van der Waals surface area (Å²) in [4.78, 5) is 7.25. The predicted molar refractivity (Wildman–Crippen MR) is 87.1 cm³/mol. The molecule has 0 radical (unpaired) electrons. The molecule has 0 unspecified atom stereocenters. The number of aromatic amines is 1. The van der Waals surface area contributed by atoms with Crippen molar-refractivity contribution in [2.45, 2.75) is 0 Å². The topological polar surface area (TPSA) is 70.9 Å². The number of nitrogens with zero attached hydrogens (tertiary/aromatic N) is 2. The van der Waals surface area contributed by atoms with Crippen molar-refractivity contribution < 1.29 is 13.9 Å². The number of allylic oxidation sites excluding steroid dienone is 1. The first-order valence-corrected chi connectivity index (χ1v) is 7.38. The van der Waals surface area contributed by atoms with Gasteiger partial charge in [0.1, 0.15) is 17.7 Å². The van der Waals surface area contributed by atoms with Crippen LogP contribution in [-0.4, -0.2) is 16.8 Å². The molecular weight excluding hydrogens is 333 g/mol. The van der Waals surface area contributed by atoms with E-state index in [0.29, 0.717) is 38.9 Å². The predicted octanol–water partition coefficient (Wildman–Crippen LogP) is 4.15. The zero-order valence-corrected chi connectivity index (χ0v) is 12.9. The van der Waals surface area contributed by atoms with E-state index in [0.717, 1.165) is 0 Å². The maximum atomic E-state index is 13.3. The van der Waals surface area contributed by atoms with Crippen LogP contribution in [0, 0.1) is 17.1 Å². The van der Waals surface area contributed by atoms with Gasteiger partial charge in [-0.2, -0.15) is 5.26 Å². The minimum absolute atomic E-state index is 0.138. The number of hydrogen-bond donors (Lipinski definition) is 1. The van der Waals surface area contributed by atoms with E-state index >= 15 is 0 Å². The number of ether oxygens (including phenoxy) is 2. The second-order valence-corrected chi connectivity index (χ2v) is 5.55. The molecule has 0 spiro atoms. The Bertz CT molecular complexity index is 1040. The van der Waals surface area contributed by atoms with E-state index in [2.05, 4.69) is 16.0 Å². The summed E-state index contributed by atoms with van der Waals surface area (Å²) in [5.74, 6) is 1.09. The van der Waals surface area contributed by atoms with Crippen LogP contribution in [0.5, 0.6) is 11.5 Å². The Kier molecular flexibility index (Phi) is 3.36. The van der Waals surface area contributed by atoms with Gasteiger partial charge >= 0.3 is 0 Å². The molecule has 5 nitrogen and oxygen atoms in total. The fraction of sp³-hybridized carbons (Fsp3) is 0.0588. The highest BCUT2D eigenvalue weighted by atomic mass is 35.5. The number of H-pyrrole nitrogens is 1. The third kappa shape index (κ3) is 2.45. The van der Waals surface area contributed by atoms with Crippen LogP contribution < -0.4 is 9.47 Å². The first-order valence-electron chi connectivity index (χ1n) is 7.00. The van der Waals surface area contributed by atoms with E-state index in [1.165, 1.54) is 12.1 Å². The third-order valence-electron chi connectivity index (χ3n) is 3.61. The fourth-order valence-corrected chi connectivity index (χ4v) is 2.67. The summed E-state index contributed by atoms with van der Waals surface area (Å²) in [6.45, 7) is 0.138. The van der Waals surface area contributed by atoms with E-state index in [9.17, 15) is 9.65 Å². The molecular formula is C17H9ClFN3O2. The molecule has 1 aromatic heterocycles. The van der Waals surface area contributed by atoms with Crippen molar-refractivity contribution in [1.29, 1.82) is 5.26 Å². The van der Waals surface area contributed by atoms with Crippen LogP contribution in [0.15, 0.2) is 30.3 Å². The number of nitrogens with one attached hydrogen (secondary N) is 1. The second-order valence-electron chi connectivity index (χ2n) is 5.14. The fourth-order valence-electron chi connectivity index (χ4n) is 2.46. The first-order chi connectivity index (χ1) is 11.6. The van der Waals surface area contributed by atoms with Crippen molar-refractivity contribution in [3.63, 3.8) is 0 Å². The number of imidazole rings is 1. The Labute approximate surface area is 140 Å². The van der Waals surface area contributed by atoms with E-state index in [1.54, 1.807) is 24.3 Å². The van der Waals surface area contributed by atoms with Crippen LogP contribution >= 0.6 is 11.6 Å². The zero-order chi connectivity index (χ0) is 16.7. The molecule has 0 amide bonds. The van der Waals surface area contributed by atoms with Gasteiger partial charge in [-0.1, -0.05) is 11.6 Å². The molecule has 0 atom stereocenters. The number of aromatic nitrogens is 2. The number of benzene rings is 2. The van der Waals surface area contributed by atoms with Gasteiger partial charge in [-0.15, -0.1) is 0 Å². The van der Waals surface area contributed by atoms with Crippen molar-refractivity contribution in [3.8, 4) is 17.6 Å². The molecule has 2 heterocycles. The van der Waals surface area contributed by atoms with Crippen LogP contribution in [0.3, 0.4) is 0 Å². The minimum atomic E-state index is -0.376.